The zero-order chi connectivity index (χ0) is 25.4. The van der Waals surface area contributed by atoms with Gasteiger partial charge in [0.2, 0.25) is 23.6 Å². The molecular formula is C23H33N5O6. The number of nitrogens with two attached hydrogens (primary N) is 2. The maximum atomic E-state index is 13.3. The van der Waals surface area contributed by atoms with Crippen LogP contribution in [0.5, 0.6) is 0 Å². The van der Waals surface area contributed by atoms with Crippen LogP contribution >= 0.6 is 0 Å². The first-order valence-corrected chi connectivity index (χ1v) is 11.2. The van der Waals surface area contributed by atoms with Crippen molar-refractivity contribution < 1.29 is 29.1 Å². The van der Waals surface area contributed by atoms with E-state index in [0.29, 0.717) is 19.4 Å². The van der Waals surface area contributed by atoms with Crippen molar-refractivity contribution >= 4 is 29.6 Å². The summed E-state index contributed by atoms with van der Waals surface area (Å²) in [5, 5.41) is 14.7. The normalized spacial score (nSPS) is 18.1. The van der Waals surface area contributed by atoms with Gasteiger partial charge < -0.3 is 32.1 Å². The lowest BCUT2D eigenvalue weighted by Gasteiger charge is -2.31. The molecule has 186 valence electrons. The number of rotatable bonds is 11. The molecule has 2 rings (SSSR count). The Bertz CT molecular complexity index is 906. The Morgan fingerprint density at radius 2 is 1.76 bits per heavy atom. The molecule has 7 N–H and O–H groups in total. The fraction of sp³-hybridized carbons (Fsp3) is 0.522. The van der Waals surface area contributed by atoms with E-state index in [9.17, 15) is 29.1 Å². The molecule has 0 saturated carbocycles. The van der Waals surface area contributed by atoms with Crippen molar-refractivity contribution in [3.8, 4) is 0 Å². The van der Waals surface area contributed by atoms with Gasteiger partial charge in [0.25, 0.3) is 0 Å². The maximum absolute atomic E-state index is 13.3. The summed E-state index contributed by atoms with van der Waals surface area (Å²) in [6.45, 7) is 3.75. The fourth-order valence-corrected chi connectivity index (χ4v) is 3.88. The summed E-state index contributed by atoms with van der Waals surface area (Å²) in [7, 11) is 0. The highest BCUT2D eigenvalue weighted by atomic mass is 16.4. The number of carboxylic acid groups (broad SMARTS) is 1. The van der Waals surface area contributed by atoms with Gasteiger partial charge in [-0.25, -0.2) is 4.79 Å². The molecule has 1 fully saturated rings. The van der Waals surface area contributed by atoms with E-state index >= 15 is 0 Å². The lowest BCUT2D eigenvalue weighted by molar-refractivity contribution is -0.145. The summed E-state index contributed by atoms with van der Waals surface area (Å²) < 4.78 is 0. The predicted molar refractivity (Wildman–Crippen MR) is 123 cm³/mol. The molecule has 4 unspecified atom stereocenters. The number of primary amides is 1. The van der Waals surface area contributed by atoms with E-state index in [1.807, 2.05) is 6.07 Å². The van der Waals surface area contributed by atoms with Crippen molar-refractivity contribution in [3.05, 3.63) is 35.9 Å². The lowest BCUT2D eigenvalue weighted by Crippen LogP contribution is -2.58. The predicted octanol–water partition coefficient (Wildman–Crippen LogP) is -0.867. The summed E-state index contributed by atoms with van der Waals surface area (Å²) in [4.78, 5) is 62.8. The molecule has 1 aromatic rings. The van der Waals surface area contributed by atoms with Crippen LogP contribution in [-0.2, 0) is 30.4 Å². The van der Waals surface area contributed by atoms with E-state index in [2.05, 4.69) is 10.6 Å². The first kappa shape index (κ1) is 26.8. The van der Waals surface area contributed by atoms with Gasteiger partial charge in [0, 0.05) is 13.0 Å². The van der Waals surface area contributed by atoms with Gasteiger partial charge in [0.15, 0.2) is 0 Å². The molecule has 1 aliphatic heterocycles. The molecule has 1 saturated heterocycles. The van der Waals surface area contributed by atoms with Crippen LogP contribution < -0.4 is 22.1 Å². The number of aliphatic carboxylic acids is 1. The molecule has 1 aliphatic rings. The number of carboxylic acids is 1. The standard InChI is InChI=1S/C23H33N5O6/c1-13(2)19(27-20(30)15(24)12-18(25)29)22(32)28-10-6-9-17(28)21(31)26-16(23(33)34)11-14-7-4-3-5-8-14/h3-5,7-8,13,15-17,19H,6,9-12,24H2,1-2H3,(H2,25,29)(H,26,31)(H,27,30)(H,33,34). The minimum atomic E-state index is -1.20. The van der Waals surface area contributed by atoms with Crippen molar-refractivity contribution in [1.29, 1.82) is 0 Å². The van der Waals surface area contributed by atoms with Gasteiger partial charge in [0.1, 0.15) is 18.1 Å². The third kappa shape index (κ3) is 7.27. The summed E-state index contributed by atoms with van der Waals surface area (Å²) in [6.07, 6.45) is 0.665. The summed E-state index contributed by atoms with van der Waals surface area (Å²) >= 11 is 0. The number of hydrogen-bond donors (Lipinski definition) is 5. The van der Waals surface area contributed by atoms with E-state index in [1.165, 1.54) is 4.90 Å². The molecule has 0 bridgehead atoms. The Kier molecular flexibility index (Phi) is 9.55. The van der Waals surface area contributed by atoms with E-state index in [-0.39, 0.29) is 18.8 Å². The van der Waals surface area contributed by atoms with Crippen molar-refractivity contribution in [2.24, 2.45) is 17.4 Å². The number of hydrogen-bond acceptors (Lipinski definition) is 6. The average molecular weight is 476 g/mol. The van der Waals surface area contributed by atoms with Crippen LogP contribution in [0.15, 0.2) is 30.3 Å². The van der Waals surface area contributed by atoms with Gasteiger partial charge in [-0.05, 0) is 24.3 Å². The van der Waals surface area contributed by atoms with E-state index < -0.39 is 53.8 Å². The SMILES string of the molecule is CC(C)C(NC(=O)C(N)CC(N)=O)C(=O)N1CCCC1C(=O)NC(Cc1ccccc1)C(=O)O. The van der Waals surface area contributed by atoms with E-state index in [1.54, 1.807) is 38.1 Å². The number of carbonyl (C=O) groups is 5. The first-order valence-electron chi connectivity index (χ1n) is 11.2. The Hall–Kier alpha value is -3.47. The number of likely N-dealkylation sites (tertiary alicyclic amines) is 1. The summed E-state index contributed by atoms with van der Waals surface area (Å²) in [5.41, 5.74) is 11.5. The number of benzene rings is 1. The van der Waals surface area contributed by atoms with E-state index in [4.69, 9.17) is 11.5 Å². The first-order chi connectivity index (χ1) is 16.0. The molecule has 11 nitrogen and oxygen atoms in total. The molecule has 4 amide bonds. The van der Waals surface area contributed by atoms with Gasteiger partial charge in [-0.3, -0.25) is 19.2 Å². The minimum absolute atomic E-state index is 0.102. The van der Waals surface area contributed by atoms with Crippen LogP contribution in [0.25, 0.3) is 0 Å². The van der Waals surface area contributed by atoms with Gasteiger partial charge in [-0.2, -0.15) is 0 Å². The number of amides is 4. The zero-order valence-electron chi connectivity index (χ0n) is 19.4. The summed E-state index contributed by atoms with van der Waals surface area (Å²) in [5.74, 6) is -3.97. The molecule has 1 heterocycles. The van der Waals surface area contributed by atoms with Crippen molar-refractivity contribution in [3.63, 3.8) is 0 Å². The maximum Gasteiger partial charge on any atom is 0.326 e. The lowest BCUT2D eigenvalue weighted by atomic mass is 10.0. The van der Waals surface area contributed by atoms with Crippen LogP contribution in [-0.4, -0.2) is 70.3 Å². The van der Waals surface area contributed by atoms with Crippen LogP contribution in [0, 0.1) is 5.92 Å². The number of nitrogens with one attached hydrogen (secondary N) is 2. The van der Waals surface area contributed by atoms with Crippen molar-refractivity contribution in [2.45, 2.75) is 63.7 Å². The highest BCUT2D eigenvalue weighted by Gasteiger charge is 2.40. The van der Waals surface area contributed by atoms with Gasteiger partial charge in [-0.1, -0.05) is 44.2 Å². The number of nitrogens with zero attached hydrogens (tertiary/aromatic N) is 1. The molecule has 0 spiro atoms. The topological polar surface area (TPSA) is 185 Å². The Labute approximate surface area is 198 Å². The van der Waals surface area contributed by atoms with Gasteiger partial charge in [0.05, 0.1) is 12.5 Å². The second-order valence-electron chi connectivity index (χ2n) is 8.79. The number of carbonyl (C=O) groups excluding carboxylic acids is 4. The highest BCUT2D eigenvalue weighted by molar-refractivity contribution is 5.95. The smallest absolute Gasteiger partial charge is 0.326 e. The highest BCUT2D eigenvalue weighted by Crippen LogP contribution is 2.21. The summed E-state index contributed by atoms with van der Waals surface area (Å²) in [6, 6.07) is 4.73. The van der Waals surface area contributed by atoms with Gasteiger partial charge >= 0.3 is 5.97 Å². The largest absolute Gasteiger partial charge is 0.480 e. The second-order valence-corrected chi connectivity index (χ2v) is 8.79. The molecule has 11 heteroatoms. The third-order valence-corrected chi connectivity index (χ3v) is 5.72. The molecule has 34 heavy (non-hydrogen) atoms. The van der Waals surface area contributed by atoms with Crippen LogP contribution in [0.3, 0.4) is 0 Å². The van der Waals surface area contributed by atoms with Crippen LogP contribution in [0.2, 0.25) is 0 Å². The average Bonchev–Trinajstić information content (AvgIpc) is 3.26. The molecular weight excluding hydrogens is 442 g/mol. The van der Waals surface area contributed by atoms with Gasteiger partial charge in [-0.15, -0.1) is 0 Å². The Balaban J connectivity index is 2.10. The third-order valence-electron chi connectivity index (χ3n) is 5.72. The van der Waals surface area contributed by atoms with Crippen LogP contribution in [0.1, 0.15) is 38.7 Å². The zero-order valence-corrected chi connectivity index (χ0v) is 19.4. The van der Waals surface area contributed by atoms with Crippen LogP contribution in [0.4, 0.5) is 0 Å². The van der Waals surface area contributed by atoms with E-state index in [0.717, 1.165) is 5.56 Å². The Morgan fingerprint density at radius 1 is 1.12 bits per heavy atom. The molecule has 1 aromatic carbocycles. The molecule has 0 aliphatic carbocycles. The second kappa shape index (κ2) is 12.1. The molecule has 0 radical (unpaired) electrons. The monoisotopic (exact) mass is 475 g/mol. The Morgan fingerprint density at radius 3 is 2.32 bits per heavy atom. The molecule has 0 aromatic heterocycles. The van der Waals surface area contributed by atoms with Crippen molar-refractivity contribution in [2.75, 3.05) is 6.54 Å². The fourth-order valence-electron chi connectivity index (χ4n) is 3.88. The minimum Gasteiger partial charge on any atom is -0.480 e. The van der Waals surface area contributed by atoms with Crippen molar-refractivity contribution in [1.82, 2.24) is 15.5 Å². The molecule has 4 atom stereocenters. The quantitative estimate of drug-likeness (QED) is 0.275.